The zero-order valence-electron chi connectivity index (χ0n) is 38.0. The maximum atomic E-state index is 16.0. The fraction of sp³-hybridized carbons (Fsp3) is 0.408. The van der Waals surface area contributed by atoms with Gasteiger partial charge in [-0.15, -0.1) is 0 Å². The average Bonchev–Trinajstić information content (AvgIpc) is 3.99. The summed E-state index contributed by atoms with van der Waals surface area (Å²) in [6, 6.07) is 18.5. The number of benzene rings is 3. The van der Waals surface area contributed by atoms with Gasteiger partial charge in [0.1, 0.15) is 5.82 Å². The summed E-state index contributed by atoms with van der Waals surface area (Å²) < 4.78 is 21.2. The number of nitrogens with zero attached hydrogens (tertiary/aromatic N) is 8. The van der Waals surface area contributed by atoms with Crippen molar-refractivity contribution in [3.8, 4) is 22.4 Å². The molecular weight excluding hydrogens is 842 g/mol. The predicted molar refractivity (Wildman–Crippen MR) is 250 cm³/mol. The van der Waals surface area contributed by atoms with Gasteiger partial charge < -0.3 is 24.7 Å². The zero-order valence-corrected chi connectivity index (χ0v) is 38.0. The van der Waals surface area contributed by atoms with E-state index in [2.05, 4.69) is 87.1 Å². The second-order valence-corrected chi connectivity index (χ2v) is 18.7. The summed E-state index contributed by atoms with van der Waals surface area (Å²) in [5, 5.41) is 27.4. The third kappa shape index (κ3) is 9.22. The maximum absolute atomic E-state index is 16.0. The van der Waals surface area contributed by atoms with Gasteiger partial charge in [0.2, 0.25) is 5.91 Å². The SMILES string of the molecule is Cc1cc(N2CCC(CN3CCN(c4ccc(-c5cnc6n[nH]c(-c7cc(CO)c(C(C)NC(=O)c8nc(C(C)(C)C)no8)cc7F)c6c5)cc4)CC3)CC2)ccc1N1CCC(=O)NC1=O. The molecule has 0 aliphatic carbocycles. The lowest BCUT2D eigenvalue weighted by molar-refractivity contribution is -0.120. The first-order valence-electron chi connectivity index (χ1n) is 22.7. The molecule has 3 saturated heterocycles. The van der Waals surface area contributed by atoms with Crippen molar-refractivity contribution in [3.63, 3.8) is 0 Å². The monoisotopic (exact) mass is 897 g/mol. The van der Waals surface area contributed by atoms with Crippen LogP contribution in [-0.2, 0) is 16.8 Å². The number of carbonyl (C=O) groups excluding carboxylic acids is 3. The van der Waals surface area contributed by atoms with Gasteiger partial charge in [-0.25, -0.2) is 14.2 Å². The minimum absolute atomic E-state index is 0.195. The summed E-state index contributed by atoms with van der Waals surface area (Å²) in [5.41, 5.74) is 7.57. The van der Waals surface area contributed by atoms with Gasteiger partial charge in [0.15, 0.2) is 11.5 Å². The van der Waals surface area contributed by atoms with E-state index < -0.39 is 23.2 Å². The van der Waals surface area contributed by atoms with Crippen molar-refractivity contribution < 1.29 is 28.4 Å². The highest BCUT2D eigenvalue weighted by atomic mass is 19.1. The molecule has 3 aliphatic rings. The number of hydrogen-bond acceptors (Lipinski definition) is 12. The number of hydrogen-bond donors (Lipinski definition) is 4. The van der Waals surface area contributed by atoms with Crippen LogP contribution in [0.1, 0.15) is 86.2 Å². The molecule has 1 atom stereocenters. The normalized spacial score (nSPS) is 17.1. The van der Waals surface area contributed by atoms with Crippen LogP contribution in [0.5, 0.6) is 0 Å². The Morgan fingerprint density at radius 1 is 0.939 bits per heavy atom. The molecule has 4 N–H and O–H groups in total. The Bertz CT molecular complexity index is 2770. The highest BCUT2D eigenvalue weighted by molar-refractivity contribution is 6.06. The second-order valence-electron chi connectivity index (χ2n) is 18.7. The van der Waals surface area contributed by atoms with Crippen molar-refractivity contribution in [2.45, 2.75) is 71.9 Å². The summed E-state index contributed by atoms with van der Waals surface area (Å²) in [6.45, 7) is 16.5. The number of anilines is 3. The number of aromatic nitrogens is 5. The number of rotatable bonds is 11. The third-order valence-electron chi connectivity index (χ3n) is 13.1. The number of H-pyrrole nitrogens is 1. The molecule has 4 amide bonds. The van der Waals surface area contributed by atoms with Crippen LogP contribution in [-0.4, -0.2) is 106 Å². The molecule has 16 nitrogen and oxygen atoms in total. The smallest absolute Gasteiger partial charge is 0.328 e. The molecule has 0 saturated carbocycles. The molecule has 0 bridgehead atoms. The van der Waals surface area contributed by atoms with Crippen LogP contribution in [0.4, 0.5) is 26.2 Å². The summed E-state index contributed by atoms with van der Waals surface area (Å²) in [5.74, 6) is -0.537. The van der Waals surface area contributed by atoms with Gasteiger partial charge in [-0.3, -0.25) is 29.8 Å². The lowest BCUT2D eigenvalue weighted by Gasteiger charge is -2.40. The fourth-order valence-electron chi connectivity index (χ4n) is 9.31. The van der Waals surface area contributed by atoms with Gasteiger partial charge in [-0.05, 0) is 103 Å². The van der Waals surface area contributed by atoms with E-state index in [9.17, 15) is 19.5 Å². The van der Waals surface area contributed by atoms with Crippen LogP contribution in [0, 0.1) is 18.7 Å². The van der Waals surface area contributed by atoms with Gasteiger partial charge in [0.05, 0.1) is 18.3 Å². The van der Waals surface area contributed by atoms with E-state index in [-0.39, 0.29) is 30.0 Å². The first-order chi connectivity index (χ1) is 31.7. The van der Waals surface area contributed by atoms with E-state index in [0.29, 0.717) is 52.6 Å². The van der Waals surface area contributed by atoms with Crippen LogP contribution in [0.15, 0.2) is 71.4 Å². The highest BCUT2D eigenvalue weighted by Gasteiger charge is 2.29. The van der Waals surface area contributed by atoms with Gasteiger partial charge in [-0.2, -0.15) is 10.1 Å². The molecule has 3 aromatic heterocycles. The van der Waals surface area contributed by atoms with E-state index in [4.69, 9.17) is 4.52 Å². The Kier molecular flexibility index (Phi) is 12.3. The Morgan fingerprint density at radius 2 is 1.67 bits per heavy atom. The van der Waals surface area contributed by atoms with Gasteiger partial charge >= 0.3 is 17.8 Å². The Hall–Kier alpha value is -6.72. The summed E-state index contributed by atoms with van der Waals surface area (Å²) in [7, 11) is 0. The Morgan fingerprint density at radius 3 is 2.35 bits per heavy atom. The van der Waals surface area contributed by atoms with E-state index >= 15 is 4.39 Å². The summed E-state index contributed by atoms with van der Waals surface area (Å²) >= 11 is 0. The summed E-state index contributed by atoms with van der Waals surface area (Å²) in [4.78, 5) is 54.9. The molecule has 1 unspecified atom stereocenters. The van der Waals surface area contributed by atoms with E-state index in [0.717, 1.165) is 86.7 Å². The Labute approximate surface area is 382 Å². The van der Waals surface area contributed by atoms with Crippen molar-refractivity contribution >= 4 is 45.9 Å². The van der Waals surface area contributed by atoms with Crippen LogP contribution < -0.4 is 25.3 Å². The standard InChI is InChI=1S/C49H56FN11O5/c1-29-22-36(10-11-41(29)61-17-14-42(63)53-48(61)65)59-15-12-31(13-16-59)27-58-18-20-60(21-19-58)35-8-6-32(7-9-35)33-23-39-43(55-56-44(39)51-26-33)38-24-34(28-62)37(25-40(38)50)30(2)52-45(64)46-54-47(57-66-46)49(3,4)5/h6-11,22-26,30-31,62H,12-21,27-28H2,1-5H3,(H,52,64)(H,51,55,56)(H,53,63,65). The number of halogens is 1. The van der Waals surface area contributed by atoms with Crippen LogP contribution in [0.2, 0.25) is 0 Å². The zero-order chi connectivity index (χ0) is 46.3. The third-order valence-corrected chi connectivity index (χ3v) is 13.1. The number of carbonyl (C=O) groups is 3. The Balaban J connectivity index is 0.792. The summed E-state index contributed by atoms with van der Waals surface area (Å²) in [6.07, 6.45) is 4.34. The van der Waals surface area contributed by atoms with Gasteiger partial charge in [-0.1, -0.05) is 38.1 Å². The molecule has 66 heavy (non-hydrogen) atoms. The molecule has 0 spiro atoms. The van der Waals surface area contributed by atoms with Crippen molar-refractivity contribution in [2.24, 2.45) is 5.92 Å². The van der Waals surface area contributed by atoms with Crippen molar-refractivity contribution in [1.29, 1.82) is 0 Å². The van der Waals surface area contributed by atoms with Crippen molar-refractivity contribution in [2.75, 3.05) is 67.1 Å². The number of pyridine rings is 1. The molecule has 9 rings (SSSR count). The minimum Gasteiger partial charge on any atom is -0.392 e. The first-order valence-corrected chi connectivity index (χ1v) is 22.7. The molecule has 3 aliphatic heterocycles. The first kappa shape index (κ1) is 44.5. The molecule has 3 fully saturated rings. The van der Waals surface area contributed by atoms with E-state index in [1.807, 2.05) is 39.8 Å². The molecule has 3 aromatic carbocycles. The molecule has 0 radical (unpaired) electrons. The largest absolute Gasteiger partial charge is 0.392 e. The molecule has 6 aromatic rings. The number of aliphatic hydroxyl groups is 1. The number of piperazine rings is 1. The lowest BCUT2D eigenvalue weighted by atomic mass is 9.95. The fourth-order valence-corrected chi connectivity index (χ4v) is 9.31. The predicted octanol–water partition coefficient (Wildman–Crippen LogP) is 6.89. The number of aryl methyl sites for hydroxylation is 1. The quantitative estimate of drug-likeness (QED) is 0.106. The number of aromatic amines is 1. The van der Waals surface area contributed by atoms with Gasteiger partial charge in [0, 0.05) is 104 Å². The number of aliphatic hydroxyl groups excluding tert-OH is 1. The second kappa shape index (κ2) is 18.3. The number of fused-ring (bicyclic) bond motifs is 1. The maximum Gasteiger partial charge on any atom is 0.328 e. The van der Waals surface area contributed by atoms with E-state index in [1.165, 1.54) is 11.8 Å². The van der Waals surface area contributed by atoms with Crippen molar-refractivity contribution in [3.05, 3.63) is 101 Å². The van der Waals surface area contributed by atoms with Crippen LogP contribution >= 0.6 is 0 Å². The molecular formula is C49H56FN11O5. The lowest BCUT2D eigenvalue weighted by Crippen LogP contribution is -2.49. The van der Waals surface area contributed by atoms with Crippen LogP contribution in [0.25, 0.3) is 33.4 Å². The van der Waals surface area contributed by atoms with E-state index in [1.54, 1.807) is 24.1 Å². The van der Waals surface area contributed by atoms with Crippen LogP contribution in [0.3, 0.4) is 0 Å². The number of piperidine rings is 1. The average molecular weight is 898 g/mol. The minimum atomic E-state index is -0.682. The number of urea groups is 1. The molecule has 17 heteroatoms. The number of imide groups is 1. The van der Waals surface area contributed by atoms with Crippen molar-refractivity contribution in [1.82, 2.24) is 40.9 Å². The molecule has 344 valence electrons. The van der Waals surface area contributed by atoms with Gasteiger partial charge in [0.25, 0.3) is 0 Å². The number of nitrogens with one attached hydrogen (secondary N) is 3. The highest BCUT2D eigenvalue weighted by Crippen LogP contribution is 2.35. The topological polar surface area (TPSA) is 189 Å². The molecule has 6 heterocycles. The number of amides is 4.